The molecule has 1 saturated carbocycles. The molecule has 2 heterocycles. The van der Waals surface area contributed by atoms with Crippen molar-refractivity contribution in [1.29, 1.82) is 0 Å². The molecule has 3 rings (SSSR count). The standard InChI is InChI=1S/C22H27F2N3O3/c1-3-18(27-21(28)17-8-9-19(29-2)26-13-17)15-6-4-14(5-7-15)16-10-11-25-20(12-16)30-22(23)24/h8-15,18,22H,3-7H2,1-2H3,(H,27,28)/t14-,15-,18-/m0/s1. The van der Waals surface area contributed by atoms with Crippen molar-refractivity contribution in [3.63, 3.8) is 0 Å². The molecule has 2 aromatic rings. The van der Waals surface area contributed by atoms with Crippen molar-refractivity contribution in [3.05, 3.63) is 47.8 Å². The van der Waals surface area contributed by atoms with E-state index in [1.807, 2.05) is 6.07 Å². The highest BCUT2D eigenvalue weighted by Crippen LogP contribution is 2.38. The number of methoxy groups -OCH3 is 1. The molecular weight excluding hydrogens is 392 g/mol. The normalized spacial score (nSPS) is 19.9. The Morgan fingerprint density at radius 2 is 1.93 bits per heavy atom. The first-order chi connectivity index (χ1) is 14.5. The van der Waals surface area contributed by atoms with Crippen LogP contribution in [0, 0.1) is 5.92 Å². The van der Waals surface area contributed by atoms with Gasteiger partial charge in [0.1, 0.15) is 0 Å². The molecule has 0 bridgehead atoms. The number of aromatic nitrogens is 2. The van der Waals surface area contributed by atoms with Crippen LogP contribution in [0.1, 0.15) is 60.9 Å². The summed E-state index contributed by atoms with van der Waals surface area (Å²) < 4.78 is 34.3. The summed E-state index contributed by atoms with van der Waals surface area (Å²) in [5.74, 6) is 0.942. The molecule has 0 aromatic carbocycles. The monoisotopic (exact) mass is 419 g/mol. The van der Waals surface area contributed by atoms with Gasteiger partial charge in [-0.1, -0.05) is 6.92 Å². The molecule has 6 nitrogen and oxygen atoms in total. The highest BCUT2D eigenvalue weighted by Gasteiger charge is 2.29. The van der Waals surface area contributed by atoms with E-state index < -0.39 is 6.61 Å². The Kier molecular flexibility index (Phi) is 7.54. The van der Waals surface area contributed by atoms with E-state index in [1.165, 1.54) is 19.5 Å². The number of halogens is 2. The Morgan fingerprint density at radius 3 is 2.53 bits per heavy atom. The summed E-state index contributed by atoms with van der Waals surface area (Å²) in [6.45, 7) is -0.807. The van der Waals surface area contributed by atoms with E-state index in [4.69, 9.17) is 4.74 Å². The fourth-order valence-electron chi connectivity index (χ4n) is 4.13. The smallest absolute Gasteiger partial charge is 0.388 e. The van der Waals surface area contributed by atoms with Crippen LogP contribution in [0.3, 0.4) is 0 Å². The summed E-state index contributed by atoms with van der Waals surface area (Å²) in [4.78, 5) is 20.5. The number of alkyl halides is 2. The molecule has 0 aliphatic heterocycles. The highest BCUT2D eigenvalue weighted by atomic mass is 19.3. The number of pyridine rings is 2. The zero-order valence-electron chi connectivity index (χ0n) is 17.2. The summed E-state index contributed by atoms with van der Waals surface area (Å²) in [6, 6.07) is 6.91. The van der Waals surface area contributed by atoms with Gasteiger partial charge in [-0.2, -0.15) is 8.78 Å². The second-order valence-corrected chi connectivity index (χ2v) is 7.50. The van der Waals surface area contributed by atoms with Crippen LogP contribution in [0.5, 0.6) is 11.8 Å². The van der Waals surface area contributed by atoms with Crippen LogP contribution in [0.15, 0.2) is 36.7 Å². The molecular formula is C22H27F2N3O3. The third kappa shape index (κ3) is 5.64. The van der Waals surface area contributed by atoms with Crippen molar-refractivity contribution in [2.75, 3.05) is 7.11 Å². The van der Waals surface area contributed by atoms with Crippen LogP contribution < -0.4 is 14.8 Å². The molecule has 30 heavy (non-hydrogen) atoms. The van der Waals surface area contributed by atoms with Gasteiger partial charge in [-0.3, -0.25) is 4.79 Å². The third-order valence-corrected chi connectivity index (χ3v) is 5.75. The molecule has 1 aliphatic carbocycles. The van der Waals surface area contributed by atoms with E-state index in [2.05, 4.69) is 26.9 Å². The average Bonchev–Trinajstić information content (AvgIpc) is 2.77. The van der Waals surface area contributed by atoms with Gasteiger partial charge in [-0.15, -0.1) is 0 Å². The van der Waals surface area contributed by atoms with E-state index in [0.29, 0.717) is 17.4 Å². The molecule has 1 aliphatic rings. The highest BCUT2D eigenvalue weighted by molar-refractivity contribution is 5.94. The number of rotatable bonds is 8. The first-order valence-electron chi connectivity index (χ1n) is 10.2. The lowest BCUT2D eigenvalue weighted by molar-refractivity contribution is -0.0529. The lowest BCUT2D eigenvalue weighted by Gasteiger charge is -2.34. The molecule has 1 atom stereocenters. The molecule has 0 radical (unpaired) electrons. The lowest BCUT2D eigenvalue weighted by atomic mass is 9.75. The first-order valence-corrected chi connectivity index (χ1v) is 10.2. The Morgan fingerprint density at radius 1 is 1.17 bits per heavy atom. The maximum absolute atomic E-state index is 12.6. The fraction of sp³-hybridized carbons (Fsp3) is 0.500. The van der Waals surface area contributed by atoms with Gasteiger partial charge < -0.3 is 14.8 Å². The van der Waals surface area contributed by atoms with E-state index >= 15 is 0 Å². The van der Waals surface area contributed by atoms with Crippen molar-refractivity contribution >= 4 is 5.91 Å². The first kappa shape index (κ1) is 21.9. The number of amides is 1. The van der Waals surface area contributed by atoms with Crippen LogP contribution in [-0.2, 0) is 0 Å². The van der Waals surface area contributed by atoms with Gasteiger partial charge in [0.15, 0.2) is 0 Å². The third-order valence-electron chi connectivity index (χ3n) is 5.75. The molecule has 8 heteroatoms. The van der Waals surface area contributed by atoms with E-state index in [9.17, 15) is 13.6 Å². The second kappa shape index (κ2) is 10.3. The van der Waals surface area contributed by atoms with Crippen LogP contribution in [0.4, 0.5) is 8.78 Å². The Hall–Kier alpha value is -2.77. The van der Waals surface area contributed by atoms with Crippen LogP contribution in [0.25, 0.3) is 0 Å². The SMILES string of the molecule is CC[C@H](NC(=O)c1ccc(OC)nc1)[C@H]1CC[C@H](c2ccnc(OC(F)F)c2)CC1. The summed E-state index contributed by atoms with van der Waals surface area (Å²) in [6.07, 6.45) is 7.64. The van der Waals surface area contributed by atoms with Gasteiger partial charge in [0.05, 0.1) is 12.7 Å². The maximum Gasteiger partial charge on any atom is 0.388 e. The van der Waals surface area contributed by atoms with E-state index in [-0.39, 0.29) is 23.7 Å². The van der Waals surface area contributed by atoms with Crippen molar-refractivity contribution < 1.29 is 23.0 Å². The lowest BCUT2D eigenvalue weighted by Crippen LogP contribution is -2.41. The molecule has 1 fully saturated rings. The second-order valence-electron chi connectivity index (χ2n) is 7.50. The molecule has 162 valence electrons. The number of ether oxygens (including phenoxy) is 2. The zero-order chi connectivity index (χ0) is 21.5. The van der Waals surface area contributed by atoms with Crippen LogP contribution >= 0.6 is 0 Å². The number of carbonyl (C=O) groups is 1. The van der Waals surface area contributed by atoms with Gasteiger partial charge >= 0.3 is 6.61 Å². The predicted octanol–water partition coefficient (Wildman–Crippen LogP) is 4.57. The number of hydrogen-bond acceptors (Lipinski definition) is 5. The van der Waals surface area contributed by atoms with Crippen molar-refractivity contribution in [2.24, 2.45) is 5.92 Å². The van der Waals surface area contributed by atoms with E-state index in [0.717, 1.165) is 37.7 Å². The molecule has 2 aromatic heterocycles. The molecule has 0 saturated heterocycles. The summed E-state index contributed by atoms with van der Waals surface area (Å²) in [7, 11) is 1.53. The van der Waals surface area contributed by atoms with Crippen LogP contribution in [0.2, 0.25) is 0 Å². The van der Waals surface area contributed by atoms with Crippen molar-refractivity contribution in [1.82, 2.24) is 15.3 Å². The predicted molar refractivity (Wildman–Crippen MR) is 108 cm³/mol. The van der Waals surface area contributed by atoms with Gasteiger partial charge in [0.25, 0.3) is 5.91 Å². The average molecular weight is 419 g/mol. The molecule has 1 amide bonds. The van der Waals surface area contributed by atoms with Crippen molar-refractivity contribution in [3.8, 4) is 11.8 Å². The zero-order valence-corrected chi connectivity index (χ0v) is 17.2. The summed E-state index contributed by atoms with van der Waals surface area (Å²) >= 11 is 0. The minimum Gasteiger partial charge on any atom is -0.481 e. The molecule has 0 spiro atoms. The van der Waals surface area contributed by atoms with Gasteiger partial charge in [0, 0.05) is 30.6 Å². The Bertz CT molecular complexity index is 825. The number of nitrogens with zero attached hydrogens (tertiary/aromatic N) is 2. The van der Waals surface area contributed by atoms with Gasteiger partial charge in [-0.05, 0) is 61.6 Å². The number of carbonyl (C=O) groups excluding carboxylic acids is 1. The van der Waals surface area contributed by atoms with Gasteiger partial charge in [0.2, 0.25) is 11.8 Å². The molecule has 1 N–H and O–H groups in total. The Balaban J connectivity index is 1.56. The largest absolute Gasteiger partial charge is 0.481 e. The fourth-order valence-corrected chi connectivity index (χ4v) is 4.13. The molecule has 0 unspecified atom stereocenters. The van der Waals surface area contributed by atoms with Crippen LogP contribution in [-0.4, -0.2) is 35.6 Å². The maximum atomic E-state index is 12.6. The van der Waals surface area contributed by atoms with Gasteiger partial charge in [-0.25, -0.2) is 9.97 Å². The quantitative estimate of drug-likeness (QED) is 0.679. The minimum atomic E-state index is -2.88. The van der Waals surface area contributed by atoms with E-state index in [1.54, 1.807) is 18.2 Å². The minimum absolute atomic E-state index is 0.0450. The topological polar surface area (TPSA) is 73.3 Å². The Labute approximate surface area is 175 Å². The summed E-state index contributed by atoms with van der Waals surface area (Å²) in [5.41, 5.74) is 1.48. The van der Waals surface area contributed by atoms with Crippen molar-refractivity contribution in [2.45, 2.75) is 57.6 Å². The summed E-state index contributed by atoms with van der Waals surface area (Å²) in [5, 5.41) is 3.14. The number of hydrogen-bond donors (Lipinski definition) is 1. The number of nitrogens with one attached hydrogen (secondary N) is 1.